The third-order valence-electron chi connectivity index (χ3n) is 2.14. The molecule has 6 nitrogen and oxygen atoms in total. The Kier molecular flexibility index (Phi) is 10.2. The predicted molar refractivity (Wildman–Crippen MR) is 67.2 cm³/mol. The van der Waals surface area contributed by atoms with E-state index in [4.69, 9.17) is 9.47 Å². The molecule has 6 heteroatoms. The third-order valence-corrected chi connectivity index (χ3v) is 2.14. The van der Waals surface area contributed by atoms with Gasteiger partial charge in [0.2, 0.25) is 0 Å². The minimum Gasteiger partial charge on any atom is -0.468 e. The van der Waals surface area contributed by atoms with Gasteiger partial charge in [0.05, 0.1) is 6.61 Å². The topological polar surface area (TPSA) is 78.9 Å². The van der Waals surface area contributed by atoms with E-state index in [1.807, 2.05) is 0 Å². The summed E-state index contributed by atoms with van der Waals surface area (Å²) in [6.07, 6.45) is 2.48. The van der Waals surface area contributed by atoms with Crippen molar-refractivity contribution < 1.29 is 28.6 Å². The lowest BCUT2D eigenvalue weighted by molar-refractivity contribution is -0.150. The molecule has 0 unspecified atom stereocenters. The zero-order chi connectivity index (χ0) is 14.5. The summed E-state index contributed by atoms with van der Waals surface area (Å²) in [5, 5.41) is 0. The van der Waals surface area contributed by atoms with Crippen molar-refractivity contribution in [1.29, 1.82) is 0 Å². The molecule has 19 heavy (non-hydrogen) atoms. The number of unbranched alkanes of at least 4 members (excludes halogenated alkanes) is 2. The molecular weight excluding hydrogens is 252 g/mol. The van der Waals surface area contributed by atoms with Gasteiger partial charge in [-0.1, -0.05) is 6.58 Å². The number of carbonyl (C=O) groups excluding carboxylic acids is 3. The van der Waals surface area contributed by atoms with Gasteiger partial charge in [0.25, 0.3) is 6.47 Å². The molecule has 108 valence electrons. The van der Waals surface area contributed by atoms with Crippen LogP contribution in [0.3, 0.4) is 0 Å². The van der Waals surface area contributed by atoms with Crippen molar-refractivity contribution >= 4 is 18.4 Å². The van der Waals surface area contributed by atoms with Gasteiger partial charge in [0, 0.05) is 12.0 Å². The number of carbonyl (C=O) groups is 3. The molecule has 0 spiro atoms. The van der Waals surface area contributed by atoms with Crippen molar-refractivity contribution in [2.75, 3.05) is 19.8 Å². The average molecular weight is 272 g/mol. The fourth-order valence-electron chi connectivity index (χ4n) is 1.16. The molecule has 0 bridgehead atoms. The van der Waals surface area contributed by atoms with Crippen LogP contribution in [0.25, 0.3) is 0 Å². The lowest BCUT2D eigenvalue weighted by Gasteiger charge is -2.06. The molecule has 0 fully saturated rings. The quantitative estimate of drug-likeness (QED) is 0.186. The Balaban J connectivity index is 3.37. The normalized spacial score (nSPS) is 9.53. The minimum absolute atomic E-state index is 0.0323. The zero-order valence-corrected chi connectivity index (χ0v) is 11.2. The Labute approximate surface area is 112 Å². The maximum absolute atomic E-state index is 11.2. The molecule has 0 aliphatic carbocycles. The molecule has 0 aromatic carbocycles. The molecule has 0 saturated heterocycles. The van der Waals surface area contributed by atoms with Crippen LogP contribution in [0.4, 0.5) is 0 Å². The Morgan fingerprint density at radius 2 is 1.74 bits per heavy atom. The van der Waals surface area contributed by atoms with Crippen molar-refractivity contribution in [1.82, 2.24) is 0 Å². The Morgan fingerprint density at radius 3 is 2.37 bits per heavy atom. The molecule has 0 heterocycles. The van der Waals surface area contributed by atoms with Crippen LogP contribution in [-0.4, -0.2) is 38.2 Å². The Morgan fingerprint density at radius 1 is 1.05 bits per heavy atom. The number of hydrogen-bond acceptors (Lipinski definition) is 6. The molecule has 0 aromatic heterocycles. The van der Waals surface area contributed by atoms with Gasteiger partial charge in [-0.25, -0.2) is 4.79 Å². The molecular formula is C13H20O6. The van der Waals surface area contributed by atoms with Crippen molar-refractivity contribution in [3.05, 3.63) is 12.2 Å². The highest BCUT2D eigenvalue weighted by Crippen LogP contribution is 2.01. The molecule has 0 saturated carbocycles. The zero-order valence-electron chi connectivity index (χ0n) is 11.2. The fourth-order valence-corrected chi connectivity index (χ4v) is 1.16. The highest BCUT2D eigenvalue weighted by molar-refractivity contribution is 5.86. The van der Waals surface area contributed by atoms with Gasteiger partial charge in [0.15, 0.2) is 0 Å². The second-order valence-electron chi connectivity index (χ2n) is 3.91. The number of esters is 2. The molecule has 0 aliphatic heterocycles. The van der Waals surface area contributed by atoms with Crippen LogP contribution in [0.5, 0.6) is 0 Å². The van der Waals surface area contributed by atoms with Crippen molar-refractivity contribution in [2.45, 2.75) is 32.6 Å². The van der Waals surface area contributed by atoms with Crippen molar-refractivity contribution in [3.63, 3.8) is 0 Å². The van der Waals surface area contributed by atoms with E-state index < -0.39 is 5.97 Å². The second-order valence-corrected chi connectivity index (χ2v) is 3.91. The van der Waals surface area contributed by atoms with Gasteiger partial charge in [-0.15, -0.1) is 0 Å². The summed E-state index contributed by atoms with van der Waals surface area (Å²) >= 11 is 0. The minimum atomic E-state index is -0.494. The first kappa shape index (κ1) is 17.2. The van der Waals surface area contributed by atoms with Gasteiger partial charge < -0.3 is 14.2 Å². The molecule has 0 N–H and O–H groups in total. The lowest BCUT2D eigenvalue weighted by atomic mass is 10.2. The van der Waals surface area contributed by atoms with Crippen LogP contribution in [0.15, 0.2) is 12.2 Å². The summed E-state index contributed by atoms with van der Waals surface area (Å²) in [7, 11) is 0. The fraction of sp³-hybridized carbons (Fsp3) is 0.615. The maximum Gasteiger partial charge on any atom is 0.333 e. The van der Waals surface area contributed by atoms with Crippen LogP contribution in [-0.2, 0) is 28.6 Å². The monoisotopic (exact) mass is 272 g/mol. The van der Waals surface area contributed by atoms with Gasteiger partial charge in [-0.2, -0.15) is 0 Å². The highest BCUT2D eigenvalue weighted by Gasteiger charge is 2.05. The number of ether oxygens (including phenoxy) is 3. The third kappa shape index (κ3) is 11.0. The first-order valence-electron chi connectivity index (χ1n) is 6.11. The van der Waals surface area contributed by atoms with Crippen LogP contribution >= 0.6 is 0 Å². The Hall–Kier alpha value is -1.85. The van der Waals surface area contributed by atoms with Crippen molar-refractivity contribution in [3.8, 4) is 0 Å². The van der Waals surface area contributed by atoms with E-state index in [-0.39, 0.29) is 19.2 Å². The molecule has 0 atom stereocenters. The summed E-state index contributed by atoms with van der Waals surface area (Å²) in [6, 6.07) is 0. The number of rotatable bonds is 11. The maximum atomic E-state index is 11.2. The van der Waals surface area contributed by atoms with E-state index in [0.717, 1.165) is 12.8 Å². The first-order valence-corrected chi connectivity index (χ1v) is 6.11. The molecule has 0 aromatic rings. The Bertz CT molecular complexity index is 310. The summed E-state index contributed by atoms with van der Waals surface area (Å²) < 4.78 is 14.1. The van der Waals surface area contributed by atoms with E-state index in [0.29, 0.717) is 31.5 Å². The molecule has 0 rings (SSSR count). The average Bonchev–Trinajstić information content (AvgIpc) is 2.38. The summed E-state index contributed by atoms with van der Waals surface area (Å²) in [5.41, 5.74) is 0.309. The van der Waals surface area contributed by atoms with E-state index in [1.54, 1.807) is 6.92 Å². The van der Waals surface area contributed by atoms with Crippen LogP contribution in [0.1, 0.15) is 32.6 Å². The first-order chi connectivity index (χ1) is 9.07. The number of hydrogen-bond donors (Lipinski definition) is 0. The highest BCUT2D eigenvalue weighted by atomic mass is 16.6. The van der Waals surface area contributed by atoms with Crippen molar-refractivity contribution in [2.24, 2.45) is 0 Å². The van der Waals surface area contributed by atoms with Gasteiger partial charge >= 0.3 is 11.9 Å². The van der Waals surface area contributed by atoms with Gasteiger partial charge in [-0.3, -0.25) is 9.59 Å². The van der Waals surface area contributed by atoms with Gasteiger partial charge in [-0.05, 0) is 26.2 Å². The predicted octanol–water partition coefficient (Wildman–Crippen LogP) is 1.38. The lowest BCUT2D eigenvalue weighted by Crippen LogP contribution is -2.14. The van der Waals surface area contributed by atoms with E-state index in [9.17, 15) is 14.4 Å². The second kappa shape index (κ2) is 11.3. The van der Waals surface area contributed by atoms with E-state index in [2.05, 4.69) is 11.3 Å². The smallest absolute Gasteiger partial charge is 0.333 e. The summed E-state index contributed by atoms with van der Waals surface area (Å²) in [4.78, 5) is 32.1. The summed E-state index contributed by atoms with van der Waals surface area (Å²) in [6.45, 7) is 5.82. The largest absolute Gasteiger partial charge is 0.468 e. The van der Waals surface area contributed by atoms with Gasteiger partial charge in [0.1, 0.15) is 13.2 Å². The van der Waals surface area contributed by atoms with E-state index in [1.165, 1.54) is 0 Å². The molecule has 0 amide bonds. The standard InChI is InChI=1S/C13H20O6/c1-11(2)13(16)19-9-8-18-12(15)6-4-3-5-7-17-10-14/h10H,1,3-9H2,2H3. The molecule has 0 radical (unpaired) electrons. The summed E-state index contributed by atoms with van der Waals surface area (Å²) in [5.74, 6) is -0.825. The SMILES string of the molecule is C=C(C)C(=O)OCCOC(=O)CCCCCOC=O. The van der Waals surface area contributed by atoms with E-state index >= 15 is 0 Å². The van der Waals surface area contributed by atoms with Crippen LogP contribution < -0.4 is 0 Å². The van der Waals surface area contributed by atoms with Crippen LogP contribution in [0.2, 0.25) is 0 Å². The molecule has 0 aliphatic rings. The van der Waals surface area contributed by atoms with Crippen LogP contribution in [0, 0.1) is 0 Å².